The molecule has 0 unspecified atom stereocenters. The van der Waals surface area contributed by atoms with Crippen molar-refractivity contribution < 1.29 is 31.0 Å². The van der Waals surface area contributed by atoms with Gasteiger partial charge in [-0.1, -0.05) is 19.6 Å². The van der Waals surface area contributed by atoms with Crippen LogP contribution in [0.2, 0.25) is 0 Å². The van der Waals surface area contributed by atoms with Crippen LogP contribution in [0.5, 0.6) is 5.75 Å². The number of hydrogen-bond acceptors (Lipinski definition) is 2. The van der Waals surface area contributed by atoms with Gasteiger partial charge in [-0.25, -0.2) is 19.1 Å². The Kier molecular flexibility index (Phi) is 5.67. The van der Waals surface area contributed by atoms with E-state index in [1.807, 2.05) is 13.8 Å². The zero-order valence-corrected chi connectivity index (χ0v) is 11.8. The molecule has 0 atom stereocenters. The minimum Gasteiger partial charge on any atom is -0.551 e. The molecule has 0 radical (unpaired) electrons. The summed E-state index contributed by atoms with van der Waals surface area (Å²) < 4.78 is 0. The molecule has 3 heteroatoms. The van der Waals surface area contributed by atoms with E-state index in [0.717, 1.165) is 0 Å². The van der Waals surface area contributed by atoms with E-state index < -0.39 is 0 Å². The summed E-state index contributed by atoms with van der Waals surface area (Å²) in [5.41, 5.74) is 1.12. The van der Waals surface area contributed by atoms with Crippen LogP contribution >= 0.6 is 0 Å². The summed E-state index contributed by atoms with van der Waals surface area (Å²) in [6.07, 6.45) is 0.715. The quantitative estimate of drug-likeness (QED) is 0.652. The van der Waals surface area contributed by atoms with E-state index in [9.17, 15) is 9.90 Å². The summed E-state index contributed by atoms with van der Waals surface area (Å²) in [4.78, 5) is 11.0. The Balaban J connectivity index is 0.00000196. The first kappa shape index (κ1) is 14.2. The molecule has 0 saturated carbocycles. The fourth-order valence-electron chi connectivity index (χ4n) is 1.26. The topological polar surface area (TPSA) is 37.3 Å². The zero-order valence-electron chi connectivity index (χ0n) is 8.91. The second kappa shape index (κ2) is 5.97. The molecule has 2 nitrogen and oxygen atoms in total. The number of phenolic OH excluding ortho intramolecular Hbond substituents is 1. The van der Waals surface area contributed by atoms with Crippen molar-refractivity contribution in [1.29, 1.82) is 0 Å². The van der Waals surface area contributed by atoms with Gasteiger partial charge < -0.3 is 9.90 Å². The number of ketones is 1. The number of carbonyl (C=O) groups is 1. The SMILES string of the molecule is [CH2-]C(=O)c1[c-]c(CC(C)C)c(O)cc1.[W+2]. The summed E-state index contributed by atoms with van der Waals surface area (Å²) in [5.74, 6) is 0.353. The van der Waals surface area contributed by atoms with Gasteiger partial charge in [-0.15, -0.1) is 11.6 Å². The third-order valence-corrected chi connectivity index (χ3v) is 1.92. The standard InChI is InChI=1S/C12H14O2.W/c1-8(2)6-11-7-10(9(3)13)4-5-12(11)14;/h4-5,8,14H,3,6H2,1-2H3;/q-2;+2. The Bertz CT molecular complexity index is 345. The van der Waals surface area contributed by atoms with Gasteiger partial charge in [-0.2, -0.15) is 0 Å². The molecule has 0 bridgehead atoms. The molecule has 0 fully saturated rings. The van der Waals surface area contributed by atoms with Gasteiger partial charge >= 0.3 is 21.1 Å². The molecule has 0 saturated heterocycles. The Morgan fingerprint density at radius 1 is 1.53 bits per heavy atom. The van der Waals surface area contributed by atoms with Crippen molar-refractivity contribution in [2.45, 2.75) is 20.3 Å². The van der Waals surface area contributed by atoms with E-state index in [4.69, 9.17) is 0 Å². The fraction of sp³-hybridized carbons (Fsp3) is 0.333. The van der Waals surface area contributed by atoms with Gasteiger partial charge in [-0.05, 0) is 12.3 Å². The van der Waals surface area contributed by atoms with Crippen LogP contribution < -0.4 is 0 Å². The molecule has 15 heavy (non-hydrogen) atoms. The number of aromatic hydroxyl groups is 1. The monoisotopic (exact) mass is 374 g/mol. The van der Waals surface area contributed by atoms with Crippen LogP contribution in [0, 0.1) is 18.9 Å². The summed E-state index contributed by atoms with van der Waals surface area (Å²) >= 11 is 0. The van der Waals surface area contributed by atoms with Gasteiger partial charge in [0, 0.05) is 5.75 Å². The van der Waals surface area contributed by atoms with Crippen molar-refractivity contribution in [3.8, 4) is 5.75 Å². The summed E-state index contributed by atoms with van der Waals surface area (Å²) in [5, 5.41) is 9.50. The molecule has 0 aromatic heterocycles. The maximum absolute atomic E-state index is 11.0. The number of hydrogen-bond donors (Lipinski definition) is 1. The average molecular weight is 374 g/mol. The van der Waals surface area contributed by atoms with Crippen molar-refractivity contribution in [2.24, 2.45) is 5.92 Å². The number of carbonyl (C=O) groups excluding carboxylic acids is 1. The minimum absolute atomic E-state index is 0. The van der Waals surface area contributed by atoms with E-state index in [1.54, 1.807) is 0 Å². The van der Waals surface area contributed by atoms with Gasteiger partial charge in [-0.3, -0.25) is 5.56 Å². The van der Waals surface area contributed by atoms with Crippen LogP contribution in [-0.2, 0) is 27.5 Å². The Labute approximate surface area is 105 Å². The third kappa shape index (κ3) is 4.09. The molecule has 0 amide bonds. The predicted molar refractivity (Wildman–Crippen MR) is 55.2 cm³/mol. The molecule has 0 aliphatic rings. The second-order valence-electron chi connectivity index (χ2n) is 3.76. The maximum Gasteiger partial charge on any atom is 2.00 e. The van der Waals surface area contributed by atoms with E-state index in [2.05, 4.69) is 13.0 Å². The van der Waals surface area contributed by atoms with E-state index in [1.165, 1.54) is 12.1 Å². The number of Topliss-reactive ketones (excluding diaryl/α,β-unsaturated/α-hetero) is 1. The van der Waals surface area contributed by atoms with Crippen LogP contribution in [-0.4, -0.2) is 10.9 Å². The number of phenols is 1. The zero-order chi connectivity index (χ0) is 10.7. The predicted octanol–water partition coefficient (Wildman–Crippen LogP) is 2.41. The first-order valence-corrected chi connectivity index (χ1v) is 4.61. The van der Waals surface area contributed by atoms with Crippen molar-refractivity contribution in [3.63, 3.8) is 0 Å². The molecule has 0 aliphatic heterocycles. The van der Waals surface area contributed by atoms with Crippen LogP contribution in [0.15, 0.2) is 12.1 Å². The Hall–Kier alpha value is -0.752. The fourth-order valence-corrected chi connectivity index (χ4v) is 1.26. The summed E-state index contributed by atoms with van der Waals surface area (Å²) in [7, 11) is 0. The second-order valence-corrected chi connectivity index (χ2v) is 3.76. The molecule has 1 aromatic carbocycles. The first-order valence-electron chi connectivity index (χ1n) is 4.61. The third-order valence-electron chi connectivity index (χ3n) is 1.92. The molecule has 1 rings (SSSR count). The summed E-state index contributed by atoms with van der Waals surface area (Å²) in [6, 6.07) is 5.94. The van der Waals surface area contributed by atoms with E-state index in [-0.39, 0.29) is 32.6 Å². The Morgan fingerprint density at radius 3 is 2.60 bits per heavy atom. The normalized spacial score (nSPS) is 9.80. The average Bonchev–Trinajstić information content (AvgIpc) is 2.07. The summed E-state index contributed by atoms with van der Waals surface area (Å²) in [6.45, 7) is 7.40. The van der Waals surface area contributed by atoms with Gasteiger partial charge in [0.15, 0.2) is 0 Å². The van der Waals surface area contributed by atoms with Crippen LogP contribution in [0.1, 0.15) is 29.8 Å². The Morgan fingerprint density at radius 2 is 2.13 bits per heavy atom. The first-order chi connectivity index (χ1) is 6.50. The smallest absolute Gasteiger partial charge is 0.551 e. The minimum atomic E-state index is -0.269. The largest absolute Gasteiger partial charge is 2.00 e. The van der Waals surface area contributed by atoms with E-state index in [0.29, 0.717) is 23.5 Å². The number of rotatable bonds is 3. The van der Waals surface area contributed by atoms with Crippen molar-refractivity contribution >= 4 is 5.78 Å². The van der Waals surface area contributed by atoms with Crippen molar-refractivity contribution in [3.05, 3.63) is 36.2 Å². The van der Waals surface area contributed by atoms with Crippen molar-refractivity contribution in [2.75, 3.05) is 0 Å². The molecule has 0 spiro atoms. The molecule has 0 heterocycles. The molecule has 1 aromatic rings. The van der Waals surface area contributed by atoms with Gasteiger partial charge in [0.05, 0.1) is 0 Å². The number of benzene rings is 1. The van der Waals surface area contributed by atoms with Crippen LogP contribution in [0.3, 0.4) is 0 Å². The van der Waals surface area contributed by atoms with Crippen LogP contribution in [0.25, 0.3) is 0 Å². The molecule has 80 valence electrons. The van der Waals surface area contributed by atoms with Crippen LogP contribution in [0.4, 0.5) is 0 Å². The van der Waals surface area contributed by atoms with Gasteiger partial charge in [0.1, 0.15) is 0 Å². The molecular weight excluding hydrogens is 360 g/mol. The van der Waals surface area contributed by atoms with Gasteiger partial charge in [0.25, 0.3) is 0 Å². The maximum atomic E-state index is 11.0. The molecule has 0 aliphatic carbocycles. The molecule has 1 N–H and O–H groups in total. The van der Waals surface area contributed by atoms with Crippen molar-refractivity contribution in [1.82, 2.24) is 0 Å². The van der Waals surface area contributed by atoms with Gasteiger partial charge in [0.2, 0.25) is 0 Å². The molecular formula is C12H14O2W. The van der Waals surface area contributed by atoms with E-state index >= 15 is 0 Å².